The Kier molecular flexibility index (Phi) is 10.1. The van der Waals surface area contributed by atoms with Gasteiger partial charge in [0.25, 0.3) is 11.8 Å². The van der Waals surface area contributed by atoms with Crippen molar-refractivity contribution < 1.29 is 19.2 Å². The first-order valence-corrected chi connectivity index (χ1v) is 20.8. The maximum atomic E-state index is 13.1. The number of fused-ring (bicyclic) bond motifs is 2. The van der Waals surface area contributed by atoms with Gasteiger partial charge >= 0.3 is 0 Å². The molecule has 57 heavy (non-hydrogen) atoms. The predicted molar refractivity (Wildman–Crippen MR) is 216 cm³/mol. The van der Waals surface area contributed by atoms with Gasteiger partial charge in [-0.2, -0.15) is 4.98 Å². The fourth-order valence-electron chi connectivity index (χ4n) is 9.77. The zero-order valence-electron chi connectivity index (χ0n) is 33.0. The number of carbonyl (C=O) groups excluding carboxylic acids is 4. The number of hydrogen-bond donors (Lipinski definition) is 2. The predicted octanol–water partition coefficient (Wildman–Crippen LogP) is 5.24. The van der Waals surface area contributed by atoms with Gasteiger partial charge in [0.2, 0.25) is 17.8 Å². The second-order valence-corrected chi connectivity index (χ2v) is 16.9. The van der Waals surface area contributed by atoms with Gasteiger partial charge in [0.1, 0.15) is 23.2 Å². The van der Waals surface area contributed by atoms with Crippen LogP contribution < -0.4 is 15.5 Å². The number of likely N-dealkylation sites (tertiary alicyclic amines) is 1. The molecule has 0 bridgehead atoms. The van der Waals surface area contributed by atoms with E-state index in [9.17, 15) is 19.2 Å². The monoisotopic (exact) mass is 772 g/mol. The zero-order valence-corrected chi connectivity index (χ0v) is 33.0. The molecule has 3 saturated heterocycles. The van der Waals surface area contributed by atoms with Gasteiger partial charge in [-0.15, -0.1) is 0 Å². The molecule has 9 rings (SSSR count). The van der Waals surface area contributed by atoms with Crippen LogP contribution in [0.1, 0.15) is 108 Å². The Morgan fingerprint density at radius 2 is 1.68 bits per heavy atom. The van der Waals surface area contributed by atoms with Crippen LogP contribution in [0.3, 0.4) is 0 Å². The summed E-state index contributed by atoms with van der Waals surface area (Å²) >= 11 is 0. The lowest BCUT2D eigenvalue weighted by molar-refractivity contribution is -0.136. The number of pyridine rings is 1. The summed E-state index contributed by atoms with van der Waals surface area (Å²) in [7, 11) is 3.57. The molecule has 1 aliphatic carbocycles. The Morgan fingerprint density at radius 3 is 2.40 bits per heavy atom. The molecule has 4 amide bonds. The molecule has 7 heterocycles. The summed E-state index contributed by atoms with van der Waals surface area (Å²) in [6.45, 7) is 5.67. The molecule has 2 N–H and O–H groups in total. The minimum Gasteiger partial charge on any atom is -0.372 e. The summed E-state index contributed by atoms with van der Waals surface area (Å²) in [6.07, 6.45) is 13.3. The van der Waals surface area contributed by atoms with E-state index in [-0.39, 0.29) is 36.1 Å². The molecular weight excluding hydrogens is 721 g/mol. The molecule has 5 aliphatic rings. The highest BCUT2D eigenvalue weighted by molar-refractivity contribution is 6.05. The van der Waals surface area contributed by atoms with Crippen molar-refractivity contribution >= 4 is 52.1 Å². The van der Waals surface area contributed by atoms with Crippen LogP contribution in [-0.4, -0.2) is 111 Å². The highest BCUT2D eigenvalue weighted by Crippen LogP contribution is 2.36. The maximum Gasteiger partial charge on any atom is 0.270 e. The minimum absolute atomic E-state index is 0.0182. The van der Waals surface area contributed by atoms with Crippen LogP contribution in [-0.2, 0) is 16.1 Å². The highest BCUT2D eigenvalue weighted by Gasteiger charge is 2.39. The largest absolute Gasteiger partial charge is 0.372 e. The first-order chi connectivity index (χ1) is 27.7. The Bertz CT molecular complexity index is 2180. The molecule has 1 atom stereocenters. The van der Waals surface area contributed by atoms with Crippen molar-refractivity contribution in [1.29, 1.82) is 0 Å². The number of hydrogen-bond acceptors (Lipinski definition) is 10. The number of anilines is 3. The number of nitrogens with one attached hydrogen (secondary N) is 2. The molecule has 298 valence electrons. The maximum absolute atomic E-state index is 13.1. The number of piperidine rings is 3. The number of amides is 4. The van der Waals surface area contributed by atoms with Crippen molar-refractivity contribution in [3.8, 4) is 0 Å². The number of imide groups is 1. The molecule has 4 aromatic rings. The van der Waals surface area contributed by atoms with E-state index in [0.717, 1.165) is 106 Å². The normalized spacial score (nSPS) is 21.4. The summed E-state index contributed by atoms with van der Waals surface area (Å²) in [5.74, 6) is 1.53. The summed E-state index contributed by atoms with van der Waals surface area (Å²) in [4.78, 5) is 72.8. The van der Waals surface area contributed by atoms with Crippen molar-refractivity contribution in [3.05, 3.63) is 71.2 Å². The molecule has 1 unspecified atom stereocenters. The van der Waals surface area contributed by atoms with Crippen LogP contribution in [0.25, 0.3) is 11.0 Å². The number of carbonyl (C=O) groups is 4. The van der Waals surface area contributed by atoms with Crippen LogP contribution >= 0.6 is 0 Å². The number of rotatable bonds is 9. The van der Waals surface area contributed by atoms with E-state index in [1.165, 1.54) is 5.56 Å². The van der Waals surface area contributed by atoms with Crippen LogP contribution in [0, 0.1) is 5.92 Å². The Hall–Kier alpha value is -5.37. The van der Waals surface area contributed by atoms with Crippen LogP contribution in [0.5, 0.6) is 0 Å². The van der Waals surface area contributed by atoms with Crippen LogP contribution in [0.15, 0.2) is 48.8 Å². The number of benzene rings is 1. The van der Waals surface area contributed by atoms with Gasteiger partial charge in [0.05, 0.1) is 0 Å². The SMILES string of the molecule is CN(C)C(=O)c1cc2cnc(Nc3ccc(C4CCN(CC5CCN(c6ccc7c(c6)CN(C6CCC(=O)NC6=O)C7=O)CC5)CC4)cn3)nc2n1C1CCCC1. The van der Waals surface area contributed by atoms with E-state index >= 15 is 0 Å². The third-order valence-corrected chi connectivity index (χ3v) is 13.0. The molecule has 14 heteroatoms. The van der Waals surface area contributed by atoms with Crippen LogP contribution in [0.4, 0.5) is 17.5 Å². The molecule has 14 nitrogen and oxygen atoms in total. The Morgan fingerprint density at radius 1 is 0.895 bits per heavy atom. The molecule has 4 fully saturated rings. The van der Waals surface area contributed by atoms with Gasteiger partial charge in [0.15, 0.2) is 0 Å². The lowest BCUT2D eigenvalue weighted by Crippen LogP contribution is -2.52. The topological polar surface area (TPSA) is 149 Å². The van der Waals surface area contributed by atoms with Crippen molar-refractivity contribution in [3.63, 3.8) is 0 Å². The first-order valence-electron chi connectivity index (χ1n) is 20.8. The van der Waals surface area contributed by atoms with Gasteiger partial charge in [0, 0.05) is 81.8 Å². The first kappa shape index (κ1) is 37.2. The minimum atomic E-state index is -0.590. The second-order valence-electron chi connectivity index (χ2n) is 16.9. The van der Waals surface area contributed by atoms with E-state index in [2.05, 4.69) is 42.1 Å². The third-order valence-electron chi connectivity index (χ3n) is 13.0. The Balaban J connectivity index is 0.755. The molecule has 0 spiro atoms. The molecule has 1 saturated carbocycles. The van der Waals surface area contributed by atoms with Crippen molar-refractivity contribution in [2.75, 3.05) is 57.0 Å². The standard InChI is InChI=1S/C43H52N10O4/c1-49(2)42(57)36-22-30-24-45-43(48-39(30)53(36)32-5-3-4-6-32)46-37-11-7-29(23-44-37)28-15-17-50(18-16-28)25-27-13-19-51(20-14-27)33-8-9-34-31(21-33)26-52(41(34)56)35-10-12-38(54)47-40(35)55/h7-9,11,21-24,27-28,32,35H,3-6,10,12-20,25-26H2,1-2H3,(H,47,54,55)(H,44,45,46,48). The summed E-state index contributed by atoms with van der Waals surface area (Å²) in [5.41, 5.74) is 5.48. The average Bonchev–Trinajstić information content (AvgIpc) is 3.96. The van der Waals surface area contributed by atoms with Gasteiger partial charge < -0.3 is 29.5 Å². The van der Waals surface area contributed by atoms with Gasteiger partial charge in [-0.1, -0.05) is 18.9 Å². The van der Waals surface area contributed by atoms with E-state index in [4.69, 9.17) is 9.97 Å². The second kappa shape index (κ2) is 15.5. The van der Waals surface area contributed by atoms with Gasteiger partial charge in [-0.25, -0.2) is 9.97 Å². The van der Waals surface area contributed by atoms with Crippen LogP contribution in [0.2, 0.25) is 0 Å². The van der Waals surface area contributed by atoms with Crippen molar-refractivity contribution in [2.24, 2.45) is 5.92 Å². The highest BCUT2D eigenvalue weighted by atomic mass is 16.2. The van der Waals surface area contributed by atoms with Gasteiger partial charge in [-0.05, 0) is 111 Å². The van der Waals surface area contributed by atoms with Crippen molar-refractivity contribution in [2.45, 2.75) is 88.8 Å². The number of nitrogens with zero attached hydrogens (tertiary/aromatic N) is 8. The zero-order chi connectivity index (χ0) is 39.2. The lowest BCUT2D eigenvalue weighted by Gasteiger charge is -2.38. The fourth-order valence-corrected chi connectivity index (χ4v) is 9.77. The lowest BCUT2D eigenvalue weighted by atomic mass is 9.89. The molecular formula is C43H52N10O4. The average molecular weight is 773 g/mol. The van der Waals surface area contributed by atoms with E-state index < -0.39 is 6.04 Å². The molecule has 0 radical (unpaired) electrons. The third kappa shape index (κ3) is 7.47. The van der Waals surface area contributed by atoms with E-state index in [0.29, 0.717) is 47.8 Å². The number of aromatic nitrogens is 4. The van der Waals surface area contributed by atoms with Gasteiger partial charge in [-0.3, -0.25) is 24.5 Å². The summed E-state index contributed by atoms with van der Waals surface area (Å²) in [6, 6.07) is 11.9. The molecule has 1 aromatic carbocycles. The van der Waals surface area contributed by atoms with Crippen molar-refractivity contribution in [1.82, 2.24) is 39.5 Å². The molecule has 4 aliphatic heterocycles. The summed E-state index contributed by atoms with van der Waals surface area (Å²) in [5, 5.41) is 6.56. The van der Waals surface area contributed by atoms with E-state index in [1.807, 2.05) is 30.5 Å². The fraction of sp³-hybridized carbons (Fsp3) is 0.512. The quantitative estimate of drug-likeness (QED) is 0.216. The summed E-state index contributed by atoms with van der Waals surface area (Å²) < 4.78 is 2.13. The Labute approximate surface area is 333 Å². The smallest absolute Gasteiger partial charge is 0.270 e. The molecule has 3 aromatic heterocycles. The van der Waals surface area contributed by atoms with E-state index in [1.54, 1.807) is 30.1 Å².